The first kappa shape index (κ1) is 36.4. The minimum absolute atomic E-state index is 0.0199. The van der Waals surface area contributed by atoms with Crippen LogP contribution in [0.3, 0.4) is 0 Å². The molecule has 6 atom stereocenters. The van der Waals surface area contributed by atoms with Crippen molar-refractivity contribution in [2.45, 2.75) is 58.0 Å². The number of benzene rings is 1. The van der Waals surface area contributed by atoms with Gasteiger partial charge in [0.25, 0.3) is 5.91 Å². The molecule has 2 bridgehead atoms. The van der Waals surface area contributed by atoms with Gasteiger partial charge in [0.1, 0.15) is 23.3 Å². The number of hydrogen-bond acceptors (Lipinski definition) is 11. The monoisotopic (exact) mass is 619 g/mol. The number of aliphatic hydroxyl groups is 2. The van der Waals surface area contributed by atoms with Crippen LogP contribution in [0.5, 0.6) is 11.5 Å². The molecule has 0 radical (unpaired) electrons. The molecule has 244 valence electrons. The van der Waals surface area contributed by atoms with Crippen molar-refractivity contribution in [3.8, 4) is 11.5 Å². The Labute approximate surface area is 257 Å². The molecule has 1 aromatic rings. The number of ether oxygens (including phenoxy) is 4. The number of allylic oxidation sites excluding steroid dienone is 2. The molecule has 0 aromatic heterocycles. The summed E-state index contributed by atoms with van der Waals surface area (Å²) in [7, 11) is 4.32. The van der Waals surface area contributed by atoms with Crippen molar-refractivity contribution < 1.29 is 49.0 Å². The predicted molar refractivity (Wildman–Crippen MR) is 165 cm³/mol. The van der Waals surface area contributed by atoms with Gasteiger partial charge in [0.15, 0.2) is 6.10 Å². The maximum Gasteiger partial charge on any atom is 0.405 e. The number of anilines is 1. The zero-order valence-corrected chi connectivity index (χ0v) is 26.0. The molecule has 0 fully saturated rings. The van der Waals surface area contributed by atoms with Gasteiger partial charge in [-0.3, -0.25) is 9.79 Å². The molecule has 0 saturated carbocycles. The molecule has 0 aliphatic carbocycles. The van der Waals surface area contributed by atoms with Gasteiger partial charge in [0.2, 0.25) is 0 Å². The highest BCUT2D eigenvalue weighted by Gasteiger charge is 2.31. The minimum Gasteiger partial charge on any atom is -0.506 e. The van der Waals surface area contributed by atoms with E-state index >= 15 is 0 Å². The van der Waals surface area contributed by atoms with E-state index in [1.165, 1.54) is 58.8 Å². The number of nitrogens with zero attached hydrogens (tertiary/aromatic N) is 1. The standard InChI is InChI=1S/C31H45N3O10/c1-17-12-21-26(33-10-11-41-4)23(36)15-22(28(21)38)34-30(39)18(2)8-7-9-24(42-5)29(44-31(32)40)20(16-35)14-19(3)27(37)25(13-17)43-6/h7-10,14-15,17,19,24-25,27,29,35-38H,11-13,16H2,1-6H3,(H2,32,40)(H,34,39)/t17-,19+,24+,25+,27-,29+/m1/s1. The average Bonchev–Trinajstić information content (AvgIpc) is 2.98. The van der Waals surface area contributed by atoms with Crippen molar-refractivity contribution in [2.75, 3.05) is 39.9 Å². The maximum atomic E-state index is 13.0. The molecular formula is C31H45N3O10. The van der Waals surface area contributed by atoms with Crippen LogP contribution in [0.1, 0.15) is 32.8 Å². The first-order valence-corrected chi connectivity index (χ1v) is 14.1. The van der Waals surface area contributed by atoms with Crippen LogP contribution in [-0.4, -0.2) is 97.6 Å². The van der Waals surface area contributed by atoms with Crippen molar-refractivity contribution in [3.05, 3.63) is 47.1 Å². The first-order chi connectivity index (χ1) is 20.9. The summed E-state index contributed by atoms with van der Waals surface area (Å²) in [6.45, 7) is 4.78. The third-order valence-corrected chi connectivity index (χ3v) is 7.31. The van der Waals surface area contributed by atoms with E-state index in [4.69, 9.17) is 24.7 Å². The number of nitrogens with one attached hydrogen (secondary N) is 1. The van der Waals surface area contributed by atoms with E-state index in [0.717, 1.165) is 0 Å². The van der Waals surface area contributed by atoms with Crippen molar-refractivity contribution in [2.24, 2.45) is 22.6 Å². The number of carbonyl (C=O) groups excluding carboxylic acids is 2. The molecule has 0 saturated heterocycles. The molecule has 1 heterocycles. The third kappa shape index (κ3) is 9.89. The number of phenolic OH excluding ortho intramolecular Hbond substituents is 2. The topological polar surface area (TPSA) is 202 Å². The number of hydrogen-bond donors (Lipinski definition) is 6. The van der Waals surface area contributed by atoms with Crippen LogP contribution in [-0.2, 0) is 30.2 Å². The number of aliphatic imine (C=N–C) groups is 1. The summed E-state index contributed by atoms with van der Waals surface area (Å²) in [6.07, 6.45) is 3.09. The number of aromatic hydroxyl groups is 2. The fourth-order valence-corrected chi connectivity index (χ4v) is 4.94. The zero-order valence-electron chi connectivity index (χ0n) is 26.0. The summed E-state index contributed by atoms with van der Waals surface area (Å²) in [5, 5.41) is 46.2. The highest BCUT2D eigenvalue weighted by Crippen LogP contribution is 2.44. The van der Waals surface area contributed by atoms with Gasteiger partial charge in [-0.15, -0.1) is 0 Å². The number of nitrogens with two attached hydrogens (primary N) is 1. The third-order valence-electron chi connectivity index (χ3n) is 7.31. The normalized spacial score (nSPS) is 25.8. The number of rotatable bonds is 7. The minimum atomic E-state index is -1.14. The molecule has 1 aliphatic rings. The Balaban J connectivity index is 2.71. The van der Waals surface area contributed by atoms with Gasteiger partial charge in [-0.1, -0.05) is 38.2 Å². The lowest BCUT2D eigenvalue weighted by Crippen LogP contribution is -2.38. The quantitative estimate of drug-likeness (QED) is 0.114. The van der Waals surface area contributed by atoms with Gasteiger partial charge < -0.3 is 50.4 Å². The summed E-state index contributed by atoms with van der Waals surface area (Å²) in [5.74, 6) is -1.91. The smallest absolute Gasteiger partial charge is 0.405 e. The Morgan fingerprint density at radius 2 is 1.91 bits per heavy atom. The van der Waals surface area contributed by atoms with Gasteiger partial charge in [-0.2, -0.15) is 0 Å². The van der Waals surface area contributed by atoms with Crippen molar-refractivity contribution >= 4 is 29.6 Å². The number of amides is 2. The van der Waals surface area contributed by atoms with Gasteiger partial charge in [0.05, 0.1) is 31.1 Å². The number of fused-ring (bicyclic) bond motifs is 2. The SMILES string of the molecule is COCC=Nc1c(O)cc2c(O)c1C[C@@H](C)C[C@H](OC)[C@H](O)[C@@H](C)C=C(CO)[C@H](OC(N)=O)[C@@H](OC)C=CC=C(C)C(=O)N2. The van der Waals surface area contributed by atoms with E-state index in [0.29, 0.717) is 6.42 Å². The van der Waals surface area contributed by atoms with Crippen LogP contribution in [0.25, 0.3) is 0 Å². The second-order valence-electron chi connectivity index (χ2n) is 10.7. The van der Waals surface area contributed by atoms with E-state index in [2.05, 4.69) is 10.3 Å². The summed E-state index contributed by atoms with van der Waals surface area (Å²) < 4.78 is 21.5. The Morgan fingerprint density at radius 1 is 1.20 bits per heavy atom. The predicted octanol–water partition coefficient (Wildman–Crippen LogP) is 2.88. The fourth-order valence-electron chi connectivity index (χ4n) is 4.94. The molecule has 0 unspecified atom stereocenters. The Kier molecular flexibility index (Phi) is 14.5. The van der Waals surface area contributed by atoms with Crippen LogP contribution >= 0.6 is 0 Å². The van der Waals surface area contributed by atoms with Crippen molar-refractivity contribution in [3.63, 3.8) is 0 Å². The second kappa shape index (κ2) is 17.5. The molecule has 7 N–H and O–H groups in total. The molecule has 13 nitrogen and oxygen atoms in total. The Bertz CT molecular complexity index is 1260. The second-order valence-corrected chi connectivity index (χ2v) is 10.7. The lowest BCUT2D eigenvalue weighted by Gasteiger charge is -2.30. The van der Waals surface area contributed by atoms with Crippen LogP contribution in [0.15, 0.2) is 46.5 Å². The lowest BCUT2D eigenvalue weighted by atomic mass is 9.87. The molecule has 2 amide bonds. The van der Waals surface area contributed by atoms with Crippen molar-refractivity contribution in [1.29, 1.82) is 0 Å². The highest BCUT2D eigenvalue weighted by atomic mass is 16.6. The number of methoxy groups -OCH3 is 3. The van der Waals surface area contributed by atoms with E-state index in [1.807, 2.05) is 6.92 Å². The van der Waals surface area contributed by atoms with Gasteiger partial charge in [0, 0.05) is 50.7 Å². The average molecular weight is 620 g/mol. The number of carbonyl (C=O) groups is 2. The summed E-state index contributed by atoms with van der Waals surface area (Å²) in [4.78, 5) is 29.1. The van der Waals surface area contributed by atoms with E-state index < -0.39 is 48.9 Å². The lowest BCUT2D eigenvalue weighted by molar-refractivity contribution is -0.112. The van der Waals surface area contributed by atoms with Gasteiger partial charge in [-0.25, -0.2) is 4.79 Å². The Morgan fingerprint density at radius 3 is 2.50 bits per heavy atom. The molecule has 13 heteroatoms. The van der Waals surface area contributed by atoms with Crippen LogP contribution < -0.4 is 11.1 Å². The van der Waals surface area contributed by atoms with Gasteiger partial charge >= 0.3 is 6.09 Å². The zero-order chi connectivity index (χ0) is 33.0. The van der Waals surface area contributed by atoms with Crippen LogP contribution in [0.2, 0.25) is 0 Å². The summed E-state index contributed by atoms with van der Waals surface area (Å²) >= 11 is 0. The fraction of sp³-hybridized carbons (Fsp3) is 0.516. The van der Waals surface area contributed by atoms with Gasteiger partial charge in [-0.05, 0) is 31.3 Å². The summed E-state index contributed by atoms with van der Waals surface area (Å²) in [6, 6.07) is 1.21. The van der Waals surface area contributed by atoms with Crippen LogP contribution in [0.4, 0.5) is 16.2 Å². The largest absolute Gasteiger partial charge is 0.506 e. The molecule has 1 aliphatic heterocycles. The number of phenols is 2. The highest BCUT2D eigenvalue weighted by molar-refractivity contribution is 6.04. The maximum absolute atomic E-state index is 13.0. The number of aliphatic hydroxyl groups excluding tert-OH is 2. The van der Waals surface area contributed by atoms with E-state index in [9.17, 15) is 30.0 Å². The van der Waals surface area contributed by atoms with E-state index in [-0.39, 0.29) is 58.5 Å². The van der Waals surface area contributed by atoms with E-state index in [1.54, 1.807) is 13.0 Å². The van der Waals surface area contributed by atoms with Crippen molar-refractivity contribution in [1.82, 2.24) is 0 Å². The molecule has 2 rings (SSSR count). The molecular weight excluding hydrogens is 574 g/mol. The van der Waals surface area contributed by atoms with Crippen LogP contribution in [0, 0.1) is 11.8 Å². The first-order valence-electron chi connectivity index (χ1n) is 14.1. The molecule has 0 spiro atoms. The molecule has 1 aromatic carbocycles. The Hall–Kier alpha value is -3.75. The number of primary amides is 1. The summed E-state index contributed by atoms with van der Waals surface area (Å²) in [5.41, 5.74) is 6.18. The molecule has 44 heavy (non-hydrogen) atoms.